The third-order valence-electron chi connectivity index (χ3n) is 5.61. The number of hydrogen-bond acceptors (Lipinski definition) is 4. The van der Waals surface area contributed by atoms with Crippen LogP contribution in [-0.2, 0) is 20.9 Å². The van der Waals surface area contributed by atoms with Gasteiger partial charge in [0.2, 0.25) is 5.91 Å². The number of anilines is 1. The first-order valence-electron chi connectivity index (χ1n) is 11.4. The highest BCUT2D eigenvalue weighted by Crippen LogP contribution is 2.30. The van der Waals surface area contributed by atoms with Crippen LogP contribution in [0.3, 0.4) is 0 Å². The van der Waals surface area contributed by atoms with Crippen LogP contribution in [0, 0.1) is 0 Å². The lowest BCUT2D eigenvalue weighted by atomic mass is 10.0. The van der Waals surface area contributed by atoms with Crippen LogP contribution in [-0.4, -0.2) is 35.2 Å². The van der Waals surface area contributed by atoms with Crippen molar-refractivity contribution >= 4 is 34.4 Å². The summed E-state index contributed by atoms with van der Waals surface area (Å²) in [6.45, 7) is 3.56. The first-order valence-corrected chi connectivity index (χ1v) is 11.4. The summed E-state index contributed by atoms with van der Waals surface area (Å²) in [5.74, 6) is -1.61. The van der Waals surface area contributed by atoms with Crippen LogP contribution in [0.25, 0.3) is 10.8 Å². The topological polar surface area (TPSA) is 95.9 Å². The van der Waals surface area contributed by atoms with Crippen LogP contribution in [0.1, 0.15) is 38.7 Å². The maximum atomic E-state index is 13.6. The summed E-state index contributed by atoms with van der Waals surface area (Å²) in [5, 5.41) is 14.2. The van der Waals surface area contributed by atoms with Gasteiger partial charge in [0.1, 0.15) is 18.7 Å². The number of alkyl carbamates (subject to hydrolysis) is 1. The number of unbranched alkanes of at least 4 members (excludes halogenated alkanes) is 1. The molecule has 0 bridgehead atoms. The molecule has 7 heteroatoms. The molecule has 0 aliphatic carbocycles. The van der Waals surface area contributed by atoms with Gasteiger partial charge in [0.25, 0.3) is 0 Å². The Balaban J connectivity index is 1.86. The normalized spacial score (nSPS) is 12.5. The Hall–Kier alpha value is -3.87. The Bertz CT molecular complexity index is 1130. The van der Waals surface area contributed by atoms with E-state index in [1.165, 1.54) is 11.8 Å². The average Bonchev–Trinajstić information content (AvgIpc) is 2.85. The second kappa shape index (κ2) is 11.8. The number of rotatable bonds is 10. The third kappa shape index (κ3) is 6.13. The molecule has 0 saturated heterocycles. The molecule has 0 radical (unpaired) electrons. The van der Waals surface area contributed by atoms with Gasteiger partial charge in [-0.15, -0.1) is 0 Å². The maximum absolute atomic E-state index is 13.6. The standard InChI is InChI=1S/C27H30N2O5/c1-3-4-16-24(26(31)32)29(23-17-10-14-21-13-8-9-15-22(21)23)25(30)19(2)28-27(33)34-18-20-11-6-5-7-12-20/h5-15,17,19,24H,3-4,16,18H2,1-2H3,(H,28,33)(H,31,32)/t19-,24-/m0/s1. The van der Waals surface area contributed by atoms with E-state index in [4.69, 9.17) is 4.74 Å². The highest BCUT2D eigenvalue weighted by molar-refractivity contribution is 6.08. The average molecular weight is 463 g/mol. The minimum absolute atomic E-state index is 0.0644. The summed E-state index contributed by atoms with van der Waals surface area (Å²) in [5.41, 5.74) is 1.32. The predicted molar refractivity (Wildman–Crippen MR) is 132 cm³/mol. The van der Waals surface area contributed by atoms with E-state index >= 15 is 0 Å². The monoisotopic (exact) mass is 462 g/mol. The zero-order chi connectivity index (χ0) is 24.5. The first kappa shape index (κ1) is 24.8. The minimum Gasteiger partial charge on any atom is -0.480 e. The zero-order valence-electron chi connectivity index (χ0n) is 19.4. The Labute approximate surface area is 199 Å². The van der Waals surface area contributed by atoms with Crippen molar-refractivity contribution in [2.75, 3.05) is 4.90 Å². The Kier molecular flexibility index (Phi) is 8.62. The van der Waals surface area contributed by atoms with E-state index in [2.05, 4.69) is 5.32 Å². The molecule has 3 rings (SSSR count). The molecule has 0 spiro atoms. The summed E-state index contributed by atoms with van der Waals surface area (Å²) >= 11 is 0. The number of carbonyl (C=O) groups excluding carboxylic acids is 2. The summed E-state index contributed by atoms with van der Waals surface area (Å²) in [4.78, 5) is 39.5. The van der Waals surface area contributed by atoms with Gasteiger partial charge in [0.05, 0.1) is 5.69 Å². The Morgan fingerprint density at radius 3 is 2.35 bits per heavy atom. The molecule has 0 saturated carbocycles. The molecule has 2 amide bonds. The van der Waals surface area contributed by atoms with Gasteiger partial charge in [-0.05, 0) is 30.4 Å². The van der Waals surface area contributed by atoms with E-state index in [-0.39, 0.29) is 6.61 Å². The number of nitrogens with zero attached hydrogens (tertiary/aromatic N) is 1. The SMILES string of the molecule is CCCC[C@@H](C(=O)O)N(C(=O)[C@H](C)NC(=O)OCc1ccccc1)c1cccc2ccccc12. The summed E-state index contributed by atoms with van der Waals surface area (Å²) in [7, 11) is 0. The van der Waals surface area contributed by atoms with Crippen molar-refractivity contribution in [3.05, 3.63) is 78.4 Å². The molecule has 0 fully saturated rings. The van der Waals surface area contributed by atoms with E-state index in [9.17, 15) is 19.5 Å². The van der Waals surface area contributed by atoms with Crippen LogP contribution >= 0.6 is 0 Å². The van der Waals surface area contributed by atoms with E-state index in [1.807, 2.05) is 67.6 Å². The smallest absolute Gasteiger partial charge is 0.408 e. The number of carboxylic acids is 1. The minimum atomic E-state index is -1.09. The van der Waals surface area contributed by atoms with Crippen molar-refractivity contribution in [1.29, 1.82) is 0 Å². The van der Waals surface area contributed by atoms with E-state index in [0.29, 0.717) is 18.5 Å². The molecule has 2 atom stereocenters. The molecule has 0 aliphatic rings. The lowest BCUT2D eigenvalue weighted by Gasteiger charge is -2.32. The molecule has 0 aliphatic heterocycles. The van der Waals surface area contributed by atoms with E-state index in [0.717, 1.165) is 22.8 Å². The van der Waals surface area contributed by atoms with Crippen molar-refractivity contribution in [3.63, 3.8) is 0 Å². The Morgan fingerprint density at radius 2 is 1.65 bits per heavy atom. The van der Waals surface area contributed by atoms with Crippen molar-refractivity contribution in [1.82, 2.24) is 5.32 Å². The van der Waals surface area contributed by atoms with Crippen molar-refractivity contribution in [2.45, 2.75) is 51.8 Å². The highest BCUT2D eigenvalue weighted by atomic mass is 16.5. The molecule has 0 unspecified atom stereocenters. The van der Waals surface area contributed by atoms with Gasteiger partial charge in [0, 0.05) is 5.39 Å². The van der Waals surface area contributed by atoms with Crippen molar-refractivity contribution in [3.8, 4) is 0 Å². The summed E-state index contributed by atoms with van der Waals surface area (Å²) in [6, 6.07) is 20.1. The largest absolute Gasteiger partial charge is 0.480 e. The zero-order valence-corrected chi connectivity index (χ0v) is 19.4. The first-order chi connectivity index (χ1) is 16.4. The highest BCUT2D eigenvalue weighted by Gasteiger charge is 2.34. The van der Waals surface area contributed by atoms with Crippen LogP contribution in [0.4, 0.5) is 10.5 Å². The fraction of sp³-hybridized carbons (Fsp3) is 0.296. The van der Waals surface area contributed by atoms with E-state index < -0.39 is 30.1 Å². The number of aliphatic carboxylic acids is 1. The number of carboxylic acid groups (broad SMARTS) is 1. The van der Waals surface area contributed by atoms with Crippen molar-refractivity contribution in [2.24, 2.45) is 0 Å². The van der Waals surface area contributed by atoms with Crippen LogP contribution in [0.5, 0.6) is 0 Å². The van der Waals surface area contributed by atoms with Crippen LogP contribution in [0.15, 0.2) is 72.8 Å². The maximum Gasteiger partial charge on any atom is 0.408 e. The number of ether oxygens (including phenoxy) is 1. The molecular formula is C27H30N2O5. The second-order valence-corrected chi connectivity index (χ2v) is 8.13. The number of nitrogens with one attached hydrogen (secondary N) is 1. The number of carbonyl (C=O) groups is 3. The molecule has 178 valence electrons. The summed E-state index contributed by atoms with van der Waals surface area (Å²) in [6.07, 6.45) is 0.988. The molecule has 7 nitrogen and oxygen atoms in total. The van der Waals surface area contributed by atoms with Gasteiger partial charge >= 0.3 is 12.1 Å². The molecule has 34 heavy (non-hydrogen) atoms. The quantitative estimate of drug-likeness (QED) is 0.435. The molecule has 3 aromatic rings. The number of amides is 2. The number of benzene rings is 3. The lowest BCUT2D eigenvalue weighted by Crippen LogP contribution is -2.53. The molecule has 3 aromatic carbocycles. The van der Waals surface area contributed by atoms with Crippen molar-refractivity contribution < 1.29 is 24.2 Å². The lowest BCUT2D eigenvalue weighted by molar-refractivity contribution is -0.140. The third-order valence-corrected chi connectivity index (χ3v) is 5.61. The summed E-state index contributed by atoms with van der Waals surface area (Å²) < 4.78 is 5.24. The molecule has 0 heterocycles. The Morgan fingerprint density at radius 1 is 0.971 bits per heavy atom. The van der Waals surface area contributed by atoms with E-state index in [1.54, 1.807) is 12.1 Å². The van der Waals surface area contributed by atoms with Gasteiger partial charge in [-0.3, -0.25) is 9.69 Å². The predicted octanol–water partition coefficient (Wildman–Crippen LogP) is 5.13. The van der Waals surface area contributed by atoms with Gasteiger partial charge in [-0.1, -0.05) is 86.5 Å². The van der Waals surface area contributed by atoms with Gasteiger partial charge in [-0.2, -0.15) is 0 Å². The molecule has 0 aromatic heterocycles. The van der Waals surface area contributed by atoms with Crippen LogP contribution < -0.4 is 10.2 Å². The molecule has 2 N–H and O–H groups in total. The van der Waals surface area contributed by atoms with Gasteiger partial charge in [0.15, 0.2) is 0 Å². The fourth-order valence-corrected chi connectivity index (χ4v) is 3.83. The van der Waals surface area contributed by atoms with Crippen LogP contribution in [0.2, 0.25) is 0 Å². The second-order valence-electron chi connectivity index (χ2n) is 8.13. The number of hydrogen-bond donors (Lipinski definition) is 2. The number of fused-ring (bicyclic) bond motifs is 1. The molecular weight excluding hydrogens is 432 g/mol. The fourth-order valence-electron chi connectivity index (χ4n) is 3.83. The van der Waals surface area contributed by atoms with Gasteiger partial charge < -0.3 is 15.2 Å². The van der Waals surface area contributed by atoms with Gasteiger partial charge in [-0.25, -0.2) is 9.59 Å².